The molecule has 2 fully saturated rings. The number of likely N-dealkylation sites (tertiary alicyclic amines) is 1. The molecule has 2 atom stereocenters. The number of amides is 3. The van der Waals surface area contributed by atoms with Gasteiger partial charge in [0.2, 0.25) is 5.91 Å². The van der Waals surface area contributed by atoms with Crippen molar-refractivity contribution < 1.29 is 9.59 Å². The summed E-state index contributed by atoms with van der Waals surface area (Å²) >= 11 is 0. The van der Waals surface area contributed by atoms with Crippen molar-refractivity contribution in [1.29, 1.82) is 5.26 Å². The Morgan fingerprint density at radius 3 is 2.88 bits per heavy atom. The summed E-state index contributed by atoms with van der Waals surface area (Å²) in [5.74, 6) is -0.269. The minimum atomic E-state index is -0.414. The molecule has 126 valence electrons. The molecule has 7 nitrogen and oxygen atoms in total. The van der Waals surface area contributed by atoms with Crippen LogP contribution in [-0.4, -0.2) is 47.0 Å². The number of nitrogens with one attached hydrogen (secondary N) is 1. The zero-order chi connectivity index (χ0) is 17.1. The van der Waals surface area contributed by atoms with Crippen molar-refractivity contribution in [2.45, 2.75) is 38.0 Å². The highest BCUT2D eigenvalue weighted by molar-refractivity contribution is 5.97. The first-order valence-electron chi connectivity index (χ1n) is 8.16. The number of benzene rings is 1. The van der Waals surface area contributed by atoms with Crippen LogP contribution in [0, 0.1) is 11.3 Å². The Hall–Kier alpha value is -2.43. The Morgan fingerprint density at radius 2 is 2.12 bits per heavy atom. The SMILES string of the molecule is N#Cc1ccccc1CN1C(=O)NC(=O)CC1N1CCC[C@@H](N)C1. The average molecular weight is 327 g/mol. The van der Waals surface area contributed by atoms with Gasteiger partial charge in [0.05, 0.1) is 30.8 Å². The third-order valence-corrected chi connectivity index (χ3v) is 4.62. The van der Waals surface area contributed by atoms with E-state index in [1.807, 2.05) is 12.1 Å². The van der Waals surface area contributed by atoms with Crippen LogP contribution in [0.1, 0.15) is 30.4 Å². The number of nitrogens with zero attached hydrogens (tertiary/aromatic N) is 3. The predicted molar refractivity (Wildman–Crippen MR) is 87.4 cm³/mol. The van der Waals surface area contributed by atoms with E-state index in [0.29, 0.717) is 18.7 Å². The van der Waals surface area contributed by atoms with E-state index in [-0.39, 0.29) is 24.5 Å². The van der Waals surface area contributed by atoms with Crippen LogP contribution in [-0.2, 0) is 11.3 Å². The van der Waals surface area contributed by atoms with Crippen LogP contribution in [0.4, 0.5) is 4.79 Å². The molecule has 1 aromatic rings. The molecule has 2 heterocycles. The van der Waals surface area contributed by atoms with Crippen LogP contribution in [0.25, 0.3) is 0 Å². The van der Waals surface area contributed by atoms with Crippen LogP contribution in [0.3, 0.4) is 0 Å². The third-order valence-electron chi connectivity index (χ3n) is 4.62. The maximum atomic E-state index is 12.4. The lowest BCUT2D eigenvalue weighted by molar-refractivity contribution is -0.126. The van der Waals surface area contributed by atoms with Gasteiger partial charge in [0.1, 0.15) is 0 Å². The zero-order valence-electron chi connectivity index (χ0n) is 13.4. The van der Waals surface area contributed by atoms with Crippen molar-refractivity contribution in [3.63, 3.8) is 0 Å². The van der Waals surface area contributed by atoms with Gasteiger partial charge in [-0.25, -0.2) is 4.79 Å². The standard InChI is InChI=1S/C17H21N5O2/c18-9-12-4-1-2-5-13(12)10-22-16(8-15(23)20-17(22)24)21-7-3-6-14(19)11-21/h1-2,4-5,14,16H,3,6-8,10-11,19H2,(H,20,23,24)/t14-,16?/m1/s1. The summed E-state index contributed by atoms with van der Waals surface area (Å²) in [6.07, 6.45) is 1.83. The summed E-state index contributed by atoms with van der Waals surface area (Å²) < 4.78 is 0. The van der Waals surface area contributed by atoms with Crippen molar-refractivity contribution in [3.8, 4) is 6.07 Å². The van der Waals surface area contributed by atoms with E-state index in [0.717, 1.165) is 24.9 Å². The van der Waals surface area contributed by atoms with Crippen molar-refractivity contribution in [2.75, 3.05) is 13.1 Å². The number of rotatable bonds is 3. The molecule has 1 unspecified atom stereocenters. The van der Waals surface area contributed by atoms with E-state index in [1.165, 1.54) is 0 Å². The maximum absolute atomic E-state index is 12.4. The number of hydrogen-bond donors (Lipinski definition) is 2. The van der Waals surface area contributed by atoms with Crippen LogP contribution >= 0.6 is 0 Å². The second-order valence-electron chi connectivity index (χ2n) is 6.33. The van der Waals surface area contributed by atoms with E-state index in [2.05, 4.69) is 16.3 Å². The first-order valence-corrected chi connectivity index (χ1v) is 8.16. The van der Waals surface area contributed by atoms with Crippen molar-refractivity contribution in [2.24, 2.45) is 5.73 Å². The summed E-state index contributed by atoms with van der Waals surface area (Å²) in [6.45, 7) is 1.77. The molecule has 0 bridgehead atoms. The molecule has 2 saturated heterocycles. The minimum absolute atomic E-state index is 0.0621. The van der Waals surface area contributed by atoms with E-state index >= 15 is 0 Å². The van der Waals surface area contributed by atoms with Gasteiger partial charge in [-0.1, -0.05) is 18.2 Å². The fourth-order valence-electron chi connectivity index (χ4n) is 3.42. The average Bonchev–Trinajstić information content (AvgIpc) is 2.57. The highest BCUT2D eigenvalue weighted by Gasteiger charge is 2.37. The topological polar surface area (TPSA) is 102 Å². The number of piperidine rings is 1. The third kappa shape index (κ3) is 3.40. The summed E-state index contributed by atoms with van der Waals surface area (Å²) in [5, 5.41) is 11.6. The van der Waals surface area contributed by atoms with Gasteiger partial charge in [-0.05, 0) is 24.5 Å². The van der Waals surface area contributed by atoms with Gasteiger partial charge in [0, 0.05) is 19.1 Å². The molecule has 1 aromatic carbocycles. The maximum Gasteiger partial charge on any atom is 0.325 e. The molecule has 0 radical (unpaired) electrons. The van der Waals surface area contributed by atoms with Gasteiger partial charge < -0.3 is 10.6 Å². The molecule has 3 N–H and O–H groups in total. The lowest BCUT2D eigenvalue weighted by Crippen LogP contribution is -2.62. The second-order valence-corrected chi connectivity index (χ2v) is 6.33. The first-order chi connectivity index (χ1) is 11.6. The molecular formula is C17H21N5O2. The van der Waals surface area contributed by atoms with Crippen LogP contribution in [0.15, 0.2) is 24.3 Å². The Morgan fingerprint density at radius 1 is 1.33 bits per heavy atom. The summed E-state index contributed by atoms with van der Waals surface area (Å²) in [7, 11) is 0. The molecule has 2 aliphatic rings. The summed E-state index contributed by atoms with van der Waals surface area (Å²) in [5.41, 5.74) is 7.37. The molecule has 0 spiro atoms. The highest BCUT2D eigenvalue weighted by atomic mass is 16.2. The number of hydrogen-bond acceptors (Lipinski definition) is 5. The summed E-state index contributed by atoms with van der Waals surface area (Å²) in [4.78, 5) is 28.0. The van der Waals surface area contributed by atoms with Crippen molar-refractivity contribution in [3.05, 3.63) is 35.4 Å². The Labute approximate surface area is 141 Å². The van der Waals surface area contributed by atoms with Crippen LogP contribution in [0.5, 0.6) is 0 Å². The Balaban J connectivity index is 1.85. The zero-order valence-corrected chi connectivity index (χ0v) is 13.4. The molecule has 7 heteroatoms. The predicted octanol–water partition coefficient (Wildman–Crippen LogP) is 0.749. The van der Waals surface area contributed by atoms with Crippen molar-refractivity contribution >= 4 is 11.9 Å². The lowest BCUT2D eigenvalue weighted by atomic mass is 10.0. The van der Waals surface area contributed by atoms with Gasteiger partial charge in [-0.15, -0.1) is 0 Å². The van der Waals surface area contributed by atoms with Crippen LogP contribution in [0.2, 0.25) is 0 Å². The fraction of sp³-hybridized carbons (Fsp3) is 0.471. The number of imide groups is 1. The Bertz CT molecular complexity index is 684. The van der Waals surface area contributed by atoms with Gasteiger partial charge >= 0.3 is 6.03 Å². The highest BCUT2D eigenvalue weighted by Crippen LogP contribution is 2.23. The quantitative estimate of drug-likeness (QED) is 0.853. The number of carbonyl (C=O) groups is 2. The monoisotopic (exact) mass is 327 g/mol. The molecule has 0 aliphatic carbocycles. The molecule has 0 aromatic heterocycles. The number of nitrogens with two attached hydrogens (primary N) is 1. The molecule has 24 heavy (non-hydrogen) atoms. The Kier molecular flexibility index (Phi) is 4.79. The minimum Gasteiger partial charge on any atom is -0.327 e. The fourth-order valence-corrected chi connectivity index (χ4v) is 3.42. The number of carbonyl (C=O) groups excluding carboxylic acids is 2. The van der Waals surface area contributed by atoms with E-state index in [9.17, 15) is 14.9 Å². The summed E-state index contributed by atoms with van der Waals surface area (Å²) in [6, 6.07) is 9.00. The van der Waals surface area contributed by atoms with Crippen molar-refractivity contribution in [1.82, 2.24) is 15.1 Å². The van der Waals surface area contributed by atoms with Gasteiger partial charge in [0.25, 0.3) is 0 Å². The van der Waals surface area contributed by atoms with Gasteiger partial charge in [-0.3, -0.25) is 15.0 Å². The van der Waals surface area contributed by atoms with Crippen LogP contribution < -0.4 is 11.1 Å². The van der Waals surface area contributed by atoms with Gasteiger partial charge in [0.15, 0.2) is 0 Å². The molecule has 3 rings (SSSR count). The number of urea groups is 1. The van der Waals surface area contributed by atoms with E-state index < -0.39 is 6.03 Å². The number of nitriles is 1. The first kappa shape index (κ1) is 16.4. The van der Waals surface area contributed by atoms with E-state index in [1.54, 1.807) is 17.0 Å². The lowest BCUT2D eigenvalue weighted by Gasteiger charge is -2.44. The molecule has 3 amide bonds. The molecule has 2 aliphatic heterocycles. The second kappa shape index (κ2) is 6.99. The largest absolute Gasteiger partial charge is 0.327 e. The molecular weight excluding hydrogens is 306 g/mol. The van der Waals surface area contributed by atoms with E-state index in [4.69, 9.17) is 5.73 Å². The normalized spacial score (nSPS) is 25.2. The van der Waals surface area contributed by atoms with Gasteiger partial charge in [-0.2, -0.15) is 5.26 Å². The molecule has 0 saturated carbocycles. The smallest absolute Gasteiger partial charge is 0.325 e.